The molecule has 1 unspecified atom stereocenters. The van der Waals surface area contributed by atoms with Crippen LogP contribution in [0.4, 0.5) is 0 Å². The van der Waals surface area contributed by atoms with Gasteiger partial charge in [0.1, 0.15) is 12.4 Å². The van der Waals surface area contributed by atoms with Crippen LogP contribution in [0.2, 0.25) is 5.02 Å². The van der Waals surface area contributed by atoms with Crippen molar-refractivity contribution in [1.29, 1.82) is 0 Å². The summed E-state index contributed by atoms with van der Waals surface area (Å²) in [7, 11) is 0. The first kappa shape index (κ1) is 23.2. The molecule has 4 rings (SSSR count). The predicted octanol–water partition coefficient (Wildman–Crippen LogP) is 5.08. The topological polar surface area (TPSA) is 94.1 Å². The average molecular weight is 453 g/mol. The quantitative estimate of drug-likeness (QED) is 0.526. The number of nitrogens with zero attached hydrogens (tertiary/aromatic N) is 1. The third-order valence-electron chi connectivity index (χ3n) is 4.93. The van der Waals surface area contributed by atoms with Crippen LogP contribution in [0.25, 0.3) is 11.1 Å². The van der Waals surface area contributed by atoms with E-state index in [-0.39, 0.29) is 18.6 Å². The molecule has 0 aliphatic carbocycles. The molecule has 3 aromatic carbocycles. The molecular formula is C25H25ClN2O4. The largest absolute Gasteiger partial charge is 0.491 e. The second-order valence-corrected chi connectivity index (χ2v) is 7.92. The van der Waals surface area contributed by atoms with Crippen molar-refractivity contribution in [3.05, 3.63) is 88.9 Å². The molecule has 7 heteroatoms. The highest BCUT2D eigenvalue weighted by Gasteiger charge is 2.40. The van der Waals surface area contributed by atoms with E-state index >= 15 is 0 Å². The summed E-state index contributed by atoms with van der Waals surface area (Å²) < 4.78 is 11.4. The van der Waals surface area contributed by atoms with Gasteiger partial charge in [-0.25, -0.2) is 4.99 Å². The van der Waals surface area contributed by atoms with Crippen LogP contribution in [0.5, 0.6) is 5.75 Å². The third-order valence-corrected chi connectivity index (χ3v) is 5.17. The first-order chi connectivity index (χ1) is 15.4. The van der Waals surface area contributed by atoms with Crippen LogP contribution in [0, 0.1) is 0 Å². The number of nitrogens with two attached hydrogens (primary N) is 1. The van der Waals surface area contributed by atoms with Gasteiger partial charge in [0.2, 0.25) is 0 Å². The van der Waals surface area contributed by atoms with E-state index in [1.165, 1.54) is 0 Å². The van der Waals surface area contributed by atoms with Crippen molar-refractivity contribution in [2.45, 2.75) is 25.5 Å². The average Bonchev–Trinajstić information content (AvgIpc) is 3.17. The Labute approximate surface area is 192 Å². The summed E-state index contributed by atoms with van der Waals surface area (Å²) in [4.78, 5) is 13.1. The standard InChI is InChI=1S/C24H23ClN2O2.CH2O2/c1-16(2)29-22-11-9-19(10-12-22)24(15-28-23(26)27-24)20-7-3-5-17(13-20)18-6-4-8-21(25)14-18;2-1-3/h3-14,16H,15H2,1-2H3,(H2,26,27);1H,(H,2,3). The number of rotatable bonds is 5. The summed E-state index contributed by atoms with van der Waals surface area (Å²) in [5, 5.41) is 7.59. The summed E-state index contributed by atoms with van der Waals surface area (Å²) >= 11 is 6.18. The van der Waals surface area contributed by atoms with Crippen molar-refractivity contribution < 1.29 is 19.4 Å². The maximum atomic E-state index is 8.36. The minimum atomic E-state index is -0.699. The molecule has 0 amide bonds. The van der Waals surface area contributed by atoms with Crippen molar-refractivity contribution in [2.24, 2.45) is 10.7 Å². The van der Waals surface area contributed by atoms with Gasteiger partial charge in [0.15, 0.2) is 5.54 Å². The van der Waals surface area contributed by atoms with Gasteiger partial charge < -0.3 is 20.3 Å². The van der Waals surface area contributed by atoms with Gasteiger partial charge in [-0.2, -0.15) is 0 Å². The molecule has 0 bridgehead atoms. The Bertz CT molecular complexity index is 1100. The number of benzene rings is 3. The molecule has 1 aliphatic heterocycles. The Morgan fingerprint density at radius 1 is 1.06 bits per heavy atom. The lowest BCUT2D eigenvalue weighted by molar-refractivity contribution is -0.122. The molecule has 1 heterocycles. The van der Waals surface area contributed by atoms with Crippen LogP contribution in [-0.2, 0) is 15.1 Å². The molecule has 3 aromatic rings. The lowest BCUT2D eigenvalue weighted by Crippen LogP contribution is -2.27. The van der Waals surface area contributed by atoms with E-state index in [2.05, 4.69) is 18.2 Å². The van der Waals surface area contributed by atoms with Crippen molar-refractivity contribution >= 4 is 24.1 Å². The minimum absolute atomic E-state index is 0.118. The predicted molar refractivity (Wildman–Crippen MR) is 126 cm³/mol. The maximum absolute atomic E-state index is 8.36. The van der Waals surface area contributed by atoms with Crippen molar-refractivity contribution in [3.8, 4) is 16.9 Å². The number of hydrogen-bond donors (Lipinski definition) is 2. The summed E-state index contributed by atoms with van der Waals surface area (Å²) in [6.45, 7) is 4.11. The summed E-state index contributed by atoms with van der Waals surface area (Å²) in [6.07, 6.45) is 0.118. The maximum Gasteiger partial charge on any atom is 0.290 e. The monoisotopic (exact) mass is 452 g/mol. The molecule has 3 N–H and O–H groups in total. The zero-order valence-electron chi connectivity index (χ0n) is 17.9. The zero-order chi connectivity index (χ0) is 23.1. The van der Waals surface area contributed by atoms with Crippen molar-refractivity contribution in [1.82, 2.24) is 0 Å². The number of aliphatic imine (C=N–C) groups is 1. The molecule has 166 valence electrons. The zero-order valence-corrected chi connectivity index (χ0v) is 18.6. The molecule has 0 aromatic heterocycles. The highest BCUT2D eigenvalue weighted by atomic mass is 35.5. The SMILES string of the molecule is CC(C)Oc1ccc(C2(c3cccc(-c4cccc(Cl)c4)c3)COC(N)=N2)cc1.O=CO. The van der Waals surface area contributed by atoms with E-state index in [4.69, 9.17) is 41.7 Å². The van der Waals surface area contributed by atoms with E-state index in [9.17, 15) is 0 Å². The lowest BCUT2D eigenvalue weighted by Gasteiger charge is -2.26. The molecule has 0 saturated carbocycles. The van der Waals surface area contributed by atoms with Gasteiger partial charge >= 0.3 is 0 Å². The first-order valence-corrected chi connectivity index (χ1v) is 10.5. The van der Waals surface area contributed by atoms with E-state index in [0.29, 0.717) is 11.6 Å². The number of halogens is 1. The Morgan fingerprint density at radius 2 is 1.69 bits per heavy atom. The summed E-state index contributed by atoms with van der Waals surface area (Å²) in [6, 6.07) is 24.2. The number of carboxylic acid groups (broad SMARTS) is 1. The first-order valence-electron chi connectivity index (χ1n) is 10.1. The second kappa shape index (κ2) is 10.2. The van der Waals surface area contributed by atoms with Gasteiger partial charge in [0.05, 0.1) is 6.10 Å². The van der Waals surface area contributed by atoms with Gasteiger partial charge in [-0.15, -0.1) is 0 Å². The van der Waals surface area contributed by atoms with Crippen LogP contribution in [0.1, 0.15) is 25.0 Å². The number of hydrogen-bond acceptors (Lipinski definition) is 5. The minimum Gasteiger partial charge on any atom is -0.491 e. The van der Waals surface area contributed by atoms with Gasteiger partial charge in [-0.1, -0.05) is 54.1 Å². The van der Waals surface area contributed by atoms with Crippen LogP contribution >= 0.6 is 11.6 Å². The molecule has 1 aliphatic rings. The Kier molecular flexibility index (Phi) is 7.38. The molecule has 0 spiro atoms. The Morgan fingerprint density at radius 3 is 2.25 bits per heavy atom. The molecule has 0 saturated heterocycles. The van der Waals surface area contributed by atoms with E-state index in [1.807, 2.05) is 68.4 Å². The van der Waals surface area contributed by atoms with Crippen LogP contribution in [-0.4, -0.2) is 30.3 Å². The number of ether oxygens (including phenoxy) is 2. The highest BCUT2D eigenvalue weighted by Crippen LogP contribution is 2.39. The van der Waals surface area contributed by atoms with Crippen molar-refractivity contribution in [2.75, 3.05) is 6.61 Å². The van der Waals surface area contributed by atoms with Crippen LogP contribution in [0.3, 0.4) is 0 Å². The Balaban J connectivity index is 0.000000913. The fourth-order valence-corrected chi connectivity index (χ4v) is 3.79. The summed E-state index contributed by atoms with van der Waals surface area (Å²) in [5.41, 5.74) is 9.35. The molecular weight excluding hydrogens is 428 g/mol. The van der Waals surface area contributed by atoms with Crippen LogP contribution in [0.15, 0.2) is 77.8 Å². The normalized spacial score (nSPS) is 17.1. The second-order valence-electron chi connectivity index (χ2n) is 7.49. The van der Waals surface area contributed by atoms with E-state index in [1.54, 1.807) is 0 Å². The van der Waals surface area contributed by atoms with Crippen molar-refractivity contribution in [3.63, 3.8) is 0 Å². The third kappa shape index (κ3) is 5.21. The molecule has 1 atom stereocenters. The van der Waals surface area contributed by atoms with Crippen LogP contribution < -0.4 is 10.5 Å². The van der Waals surface area contributed by atoms with Gasteiger partial charge in [-0.3, -0.25) is 4.79 Å². The fraction of sp³-hybridized carbons (Fsp3) is 0.200. The van der Waals surface area contributed by atoms with Gasteiger partial charge in [0.25, 0.3) is 12.5 Å². The number of amidine groups is 1. The van der Waals surface area contributed by atoms with Gasteiger partial charge in [0, 0.05) is 5.02 Å². The number of carbonyl (C=O) groups is 1. The fourth-order valence-electron chi connectivity index (χ4n) is 3.60. The molecule has 0 fully saturated rings. The smallest absolute Gasteiger partial charge is 0.290 e. The summed E-state index contributed by atoms with van der Waals surface area (Å²) in [5.74, 6) is 0.822. The molecule has 6 nitrogen and oxygen atoms in total. The lowest BCUT2D eigenvalue weighted by atomic mass is 9.83. The molecule has 0 radical (unpaired) electrons. The van der Waals surface area contributed by atoms with E-state index < -0.39 is 5.54 Å². The highest BCUT2D eigenvalue weighted by molar-refractivity contribution is 6.30. The Hall–Kier alpha value is -3.51. The van der Waals surface area contributed by atoms with Gasteiger partial charge in [-0.05, 0) is 66.4 Å². The molecule has 32 heavy (non-hydrogen) atoms. The van der Waals surface area contributed by atoms with E-state index in [0.717, 1.165) is 28.0 Å².